The molecule has 0 fully saturated rings. The summed E-state index contributed by atoms with van der Waals surface area (Å²) in [5.74, 6) is 1.32. The second-order valence-corrected chi connectivity index (χ2v) is 5.56. The molecule has 0 heterocycles. The van der Waals surface area contributed by atoms with Crippen molar-refractivity contribution < 1.29 is 9.53 Å². The maximum absolute atomic E-state index is 11.5. The summed E-state index contributed by atoms with van der Waals surface area (Å²) in [6.45, 7) is 6.71. The highest BCUT2D eigenvalue weighted by molar-refractivity contribution is 5.73. The van der Waals surface area contributed by atoms with E-state index in [0.29, 0.717) is 25.6 Å². The fourth-order valence-corrected chi connectivity index (χ4v) is 1.75. The van der Waals surface area contributed by atoms with E-state index in [2.05, 4.69) is 30.5 Å². The summed E-state index contributed by atoms with van der Waals surface area (Å²) in [5, 5.41) is 5.56. The van der Waals surface area contributed by atoms with Crippen LogP contribution in [-0.4, -0.2) is 51.3 Å². The minimum absolute atomic E-state index is 0.156. The molecule has 21 heavy (non-hydrogen) atoms. The van der Waals surface area contributed by atoms with E-state index in [9.17, 15) is 4.79 Å². The molecule has 0 radical (unpaired) electrons. The van der Waals surface area contributed by atoms with Crippen molar-refractivity contribution >= 4 is 6.03 Å². The van der Waals surface area contributed by atoms with Crippen LogP contribution in [0.3, 0.4) is 0 Å². The molecular formula is C16H27N3O2. The molecule has 0 saturated carbocycles. The number of rotatable bonds is 8. The highest BCUT2D eigenvalue weighted by Gasteiger charge is 2.02. The largest absolute Gasteiger partial charge is 0.492 e. The van der Waals surface area contributed by atoms with E-state index in [1.54, 1.807) is 0 Å². The van der Waals surface area contributed by atoms with E-state index in [1.807, 2.05) is 37.2 Å². The molecule has 0 atom stereocenters. The minimum atomic E-state index is -0.156. The number of nitrogens with zero attached hydrogens (tertiary/aromatic N) is 1. The predicted octanol–water partition coefficient (Wildman–Crippen LogP) is 2.05. The van der Waals surface area contributed by atoms with Crippen LogP contribution in [0.4, 0.5) is 4.79 Å². The molecule has 2 amide bonds. The first-order chi connectivity index (χ1) is 9.99. The Morgan fingerprint density at radius 1 is 1.24 bits per heavy atom. The van der Waals surface area contributed by atoms with Crippen molar-refractivity contribution in [2.24, 2.45) is 0 Å². The Hall–Kier alpha value is -1.75. The maximum atomic E-state index is 11.5. The van der Waals surface area contributed by atoms with Crippen LogP contribution in [0.2, 0.25) is 0 Å². The van der Waals surface area contributed by atoms with Gasteiger partial charge < -0.3 is 20.3 Å². The van der Waals surface area contributed by atoms with Crippen molar-refractivity contribution in [1.82, 2.24) is 15.5 Å². The monoisotopic (exact) mass is 293 g/mol. The van der Waals surface area contributed by atoms with Gasteiger partial charge in [0.15, 0.2) is 0 Å². The molecule has 0 spiro atoms. The van der Waals surface area contributed by atoms with Crippen molar-refractivity contribution in [1.29, 1.82) is 0 Å². The number of urea groups is 1. The number of hydrogen-bond donors (Lipinski definition) is 2. The molecule has 1 aromatic carbocycles. The molecule has 0 bridgehead atoms. The summed E-state index contributed by atoms with van der Waals surface area (Å²) in [6.07, 6.45) is 0. The van der Waals surface area contributed by atoms with Crippen LogP contribution in [0.5, 0.6) is 5.75 Å². The van der Waals surface area contributed by atoms with Crippen LogP contribution >= 0.6 is 0 Å². The lowest BCUT2D eigenvalue weighted by atomic mass is 10.0. The smallest absolute Gasteiger partial charge is 0.314 e. The quantitative estimate of drug-likeness (QED) is 0.721. The average molecular weight is 293 g/mol. The van der Waals surface area contributed by atoms with Gasteiger partial charge in [-0.05, 0) is 37.7 Å². The molecule has 0 aliphatic rings. The third-order valence-electron chi connectivity index (χ3n) is 3.03. The molecule has 0 aliphatic heterocycles. The third kappa shape index (κ3) is 7.56. The lowest BCUT2D eigenvalue weighted by Gasteiger charge is -2.12. The van der Waals surface area contributed by atoms with E-state index in [1.165, 1.54) is 5.56 Å². The average Bonchev–Trinajstić information content (AvgIpc) is 2.43. The van der Waals surface area contributed by atoms with Gasteiger partial charge >= 0.3 is 6.03 Å². The first-order valence-corrected chi connectivity index (χ1v) is 7.38. The Balaban J connectivity index is 2.19. The van der Waals surface area contributed by atoms with Gasteiger partial charge in [0.25, 0.3) is 0 Å². The molecule has 0 aliphatic carbocycles. The van der Waals surface area contributed by atoms with Crippen LogP contribution in [0, 0.1) is 0 Å². The van der Waals surface area contributed by atoms with E-state index >= 15 is 0 Å². The number of carbonyl (C=O) groups excluding carboxylic acids is 1. The van der Waals surface area contributed by atoms with Crippen molar-refractivity contribution in [3.05, 3.63) is 29.8 Å². The summed E-state index contributed by atoms with van der Waals surface area (Å²) in [6, 6.07) is 7.90. The first kappa shape index (κ1) is 17.3. The predicted molar refractivity (Wildman–Crippen MR) is 86.0 cm³/mol. The van der Waals surface area contributed by atoms with Gasteiger partial charge in [-0.25, -0.2) is 4.79 Å². The highest BCUT2D eigenvalue weighted by atomic mass is 16.5. The van der Waals surface area contributed by atoms with Crippen LogP contribution < -0.4 is 15.4 Å². The van der Waals surface area contributed by atoms with Gasteiger partial charge in [0.05, 0.1) is 6.54 Å². The number of carbonyl (C=O) groups is 1. The van der Waals surface area contributed by atoms with E-state index in [4.69, 9.17) is 4.74 Å². The van der Waals surface area contributed by atoms with Crippen molar-refractivity contribution in [3.63, 3.8) is 0 Å². The number of ether oxygens (including phenoxy) is 1. The molecule has 118 valence electrons. The van der Waals surface area contributed by atoms with Gasteiger partial charge in [-0.2, -0.15) is 0 Å². The first-order valence-electron chi connectivity index (χ1n) is 7.38. The number of hydrogen-bond acceptors (Lipinski definition) is 3. The molecular weight excluding hydrogens is 266 g/mol. The lowest BCUT2D eigenvalue weighted by molar-refractivity contribution is 0.235. The fraction of sp³-hybridized carbons (Fsp3) is 0.562. The Kier molecular flexibility index (Phi) is 7.61. The standard InChI is InChI=1S/C16H27N3O2/c1-13(2)14-6-5-7-15(12-14)21-11-9-18-16(20)17-8-10-19(3)4/h5-7,12-13H,8-11H2,1-4H3,(H2,17,18,20). The number of benzene rings is 1. The van der Waals surface area contributed by atoms with Crippen LogP contribution in [-0.2, 0) is 0 Å². The Bertz CT molecular complexity index is 433. The van der Waals surface area contributed by atoms with Gasteiger partial charge in [0.1, 0.15) is 12.4 Å². The molecule has 1 rings (SSSR count). The fourth-order valence-electron chi connectivity index (χ4n) is 1.75. The van der Waals surface area contributed by atoms with Crippen LogP contribution in [0.1, 0.15) is 25.3 Å². The van der Waals surface area contributed by atoms with Gasteiger partial charge in [-0.15, -0.1) is 0 Å². The summed E-state index contributed by atoms with van der Waals surface area (Å²) < 4.78 is 5.64. The van der Waals surface area contributed by atoms with E-state index in [0.717, 1.165) is 12.3 Å². The van der Waals surface area contributed by atoms with E-state index in [-0.39, 0.29) is 6.03 Å². The second-order valence-electron chi connectivity index (χ2n) is 5.56. The third-order valence-corrected chi connectivity index (χ3v) is 3.03. The Morgan fingerprint density at radius 2 is 1.95 bits per heavy atom. The summed E-state index contributed by atoms with van der Waals surface area (Å²) in [5.41, 5.74) is 1.25. The molecule has 1 aromatic rings. The summed E-state index contributed by atoms with van der Waals surface area (Å²) in [4.78, 5) is 13.5. The maximum Gasteiger partial charge on any atom is 0.314 e. The van der Waals surface area contributed by atoms with E-state index < -0.39 is 0 Å². The number of likely N-dealkylation sites (N-methyl/N-ethyl adjacent to an activating group) is 1. The Morgan fingerprint density at radius 3 is 2.62 bits per heavy atom. The van der Waals surface area contributed by atoms with Crippen molar-refractivity contribution in [2.75, 3.05) is 40.3 Å². The molecule has 0 saturated heterocycles. The topological polar surface area (TPSA) is 53.6 Å². The molecule has 5 nitrogen and oxygen atoms in total. The SMILES string of the molecule is CC(C)c1cccc(OCCNC(=O)NCCN(C)C)c1. The zero-order valence-corrected chi connectivity index (χ0v) is 13.5. The van der Waals surface area contributed by atoms with Gasteiger partial charge in [-0.3, -0.25) is 0 Å². The van der Waals surface area contributed by atoms with Crippen molar-refractivity contribution in [2.45, 2.75) is 19.8 Å². The lowest BCUT2D eigenvalue weighted by Crippen LogP contribution is -2.40. The minimum Gasteiger partial charge on any atom is -0.492 e. The molecule has 2 N–H and O–H groups in total. The Labute approximate surface area is 127 Å². The molecule has 0 aromatic heterocycles. The summed E-state index contributed by atoms with van der Waals surface area (Å²) >= 11 is 0. The summed E-state index contributed by atoms with van der Waals surface area (Å²) in [7, 11) is 3.94. The number of amides is 2. The van der Waals surface area contributed by atoms with Crippen LogP contribution in [0.25, 0.3) is 0 Å². The zero-order chi connectivity index (χ0) is 15.7. The van der Waals surface area contributed by atoms with Crippen LogP contribution in [0.15, 0.2) is 24.3 Å². The van der Waals surface area contributed by atoms with Gasteiger partial charge in [0.2, 0.25) is 0 Å². The second kappa shape index (κ2) is 9.23. The van der Waals surface area contributed by atoms with Crippen molar-refractivity contribution in [3.8, 4) is 5.75 Å². The number of nitrogens with one attached hydrogen (secondary N) is 2. The molecule has 0 unspecified atom stereocenters. The molecule has 5 heteroatoms. The normalized spacial score (nSPS) is 10.8. The highest BCUT2D eigenvalue weighted by Crippen LogP contribution is 2.19. The zero-order valence-electron chi connectivity index (χ0n) is 13.5. The van der Waals surface area contributed by atoms with Gasteiger partial charge in [-0.1, -0.05) is 26.0 Å². The van der Waals surface area contributed by atoms with Gasteiger partial charge in [0, 0.05) is 13.1 Å².